The third-order valence-electron chi connectivity index (χ3n) is 5.50. The minimum atomic E-state index is -0.404. The van der Waals surface area contributed by atoms with Crippen LogP contribution >= 0.6 is 0 Å². The van der Waals surface area contributed by atoms with Gasteiger partial charge in [0.1, 0.15) is 11.7 Å². The standard InChI is InChI=1S/C26H20N2O/c27-18-20-17-24-23-14-8-7-9-19(23)15-16-25(24)29-26(20)28(21-10-3-1-4-11-21)22-12-5-2-6-13-22/h1-16,20,26H,17H2/t20-,26+/m0/s1. The SMILES string of the molecule is N#C[C@@H]1Cc2c(ccc3ccccc23)O[C@H]1N(c1ccccc1)c1ccccc1. The normalized spacial score (nSPS) is 17.8. The number of nitrogens with zero attached hydrogens (tertiary/aromatic N) is 2. The van der Waals surface area contributed by atoms with Gasteiger partial charge in [-0.2, -0.15) is 5.26 Å². The monoisotopic (exact) mass is 376 g/mol. The molecule has 0 bridgehead atoms. The van der Waals surface area contributed by atoms with Gasteiger partial charge in [-0.3, -0.25) is 0 Å². The van der Waals surface area contributed by atoms with Crippen molar-refractivity contribution in [1.29, 1.82) is 5.26 Å². The molecule has 0 spiro atoms. The van der Waals surface area contributed by atoms with Crippen molar-refractivity contribution in [1.82, 2.24) is 0 Å². The summed E-state index contributed by atoms with van der Waals surface area (Å²) in [5.74, 6) is 0.561. The Hall–Kier alpha value is -3.77. The number of hydrogen-bond acceptors (Lipinski definition) is 3. The second-order valence-corrected chi connectivity index (χ2v) is 7.25. The summed E-state index contributed by atoms with van der Waals surface area (Å²) < 4.78 is 6.52. The van der Waals surface area contributed by atoms with Gasteiger partial charge in [-0.05, 0) is 47.5 Å². The largest absolute Gasteiger partial charge is 0.468 e. The van der Waals surface area contributed by atoms with Crippen molar-refractivity contribution in [2.24, 2.45) is 5.92 Å². The topological polar surface area (TPSA) is 36.3 Å². The lowest BCUT2D eigenvalue weighted by Gasteiger charge is -2.39. The van der Waals surface area contributed by atoms with E-state index in [1.54, 1.807) is 0 Å². The number of benzene rings is 4. The molecule has 4 aromatic rings. The molecule has 3 nitrogen and oxygen atoms in total. The van der Waals surface area contributed by atoms with E-state index in [-0.39, 0.29) is 5.92 Å². The van der Waals surface area contributed by atoms with Crippen molar-refractivity contribution in [2.75, 3.05) is 4.90 Å². The van der Waals surface area contributed by atoms with E-state index in [0.29, 0.717) is 6.42 Å². The summed E-state index contributed by atoms with van der Waals surface area (Å²) in [6.07, 6.45) is 0.257. The number of rotatable bonds is 3. The van der Waals surface area contributed by atoms with Gasteiger partial charge in [0.15, 0.2) is 6.23 Å². The van der Waals surface area contributed by atoms with E-state index in [1.807, 2.05) is 54.6 Å². The first-order valence-electron chi connectivity index (χ1n) is 9.81. The predicted molar refractivity (Wildman–Crippen MR) is 116 cm³/mol. The Morgan fingerprint density at radius 1 is 0.759 bits per heavy atom. The molecule has 1 aliphatic rings. The van der Waals surface area contributed by atoms with Crippen LogP contribution in [0.25, 0.3) is 10.8 Å². The van der Waals surface area contributed by atoms with Crippen LogP contribution in [0.3, 0.4) is 0 Å². The lowest BCUT2D eigenvalue weighted by molar-refractivity contribution is 0.146. The maximum absolute atomic E-state index is 10.0. The Morgan fingerprint density at radius 3 is 2.03 bits per heavy atom. The molecule has 0 radical (unpaired) electrons. The fourth-order valence-electron chi connectivity index (χ4n) is 4.13. The van der Waals surface area contributed by atoms with Crippen LogP contribution in [0.2, 0.25) is 0 Å². The quantitative estimate of drug-likeness (QED) is 0.435. The number of fused-ring (bicyclic) bond motifs is 3. The van der Waals surface area contributed by atoms with E-state index < -0.39 is 6.23 Å². The van der Waals surface area contributed by atoms with Crippen LogP contribution in [-0.2, 0) is 6.42 Å². The second-order valence-electron chi connectivity index (χ2n) is 7.25. The maximum atomic E-state index is 10.0. The molecule has 140 valence electrons. The minimum Gasteiger partial charge on any atom is -0.468 e. The van der Waals surface area contributed by atoms with Gasteiger partial charge in [-0.1, -0.05) is 66.7 Å². The zero-order valence-electron chi connectivity index (χ0n) is 15.9. The molecular formula is C26H20N2O. The summed E-state index contributed by atoms with van der Waals surface area (Å²) in [6, 6.07) is 35.2. The third-order valence-corrected chi connectivity index (χ3v) is 5.50. The predicted octanol–water partition coefficient (Wildman–Crippen LogP) is 6.08. The first kappa shape index (κ1) is 17.3. The highest BCUT2D eigenvalue weighted by molar-refractivity contribution is 5.88. The van der Waals surface area contributed by atoms with Gasteiger partial charge in [0.25, 0.3) is 0 Å². The van der Waals surface area contributed by atoms with E-state index in [1.165, 1.54) is 5.39 Å². The first-order valence-corrected chi connectivity index (χ1v) is 9.81. The Bertz CT molecular complexity index is 1140. The maximum Gasteiger partial charge on any atom is 0.192 e. The molecule has 3 heteroatoms. The van der Waals surface area contributed by atoms with Gasteiger partial charge in [-0.25, -0.2) is 0 Å². The molecule has 0 N–H and O–H groups in total. The molecule has 0 unspecified atom stereocenters. The smallest absolute Gasteiger partial charge is 0.192 e. The molecule has 0 saturated carbocycles. The van der Waals surface area contributed by atoms with Crippen molar-refractivity contribution in [3.63, 3.8) is 0 Å². The summed E-state index contributed by atoms with van der Waals surface area (Å²) in [6.45, 7) is 0. The minimum absolute atomic E-state index is 0.297. The Labute approximate surface area is 170 Å². The Kier molecular flexibility index (Phi) is 4.38. The van der Waals surface area contributed by atoms with Crippen molar-refractivity contribution in [3.05, 3.63) is 103 Å². The fourth-order valence-corrected chi connectivity index (χ4v) is 4.13. The average Bonchev–Trinajstić information content (AvgIpc) is 2.80. The number of nitriles is 1. The molecule has 0 aromatic heterocycles. The van der Waals surface area contributed by atoms with Gasteiger partial charge in [0.05, 0.1) is 6.07 Å². The molecule has 0 aliphatic carbocycles. The summed E-state index contributed by atoms with van der Waals surface area (Å²) in [4.78, 5) is 2.13. The molecule has 5 rings (SSSR count). The fraction of sp³-hybridized carbons (Fsp3) is 0.115. The van der Waals surface area contributed by atoms with Crippen molar-refractivity contribution in [2.45, 2.75) is 12.6 Å². The van der Waals surface area contributed by atoms with Gasteiger partial charge in [0.2, 0.25) is 0 Å². The lowest BCUT2D eigenvalue weighted by atomic mass is 9.90. The van der Waals surface area contributed by atoms with E-state index in [4.69, 9.17) is 4.74 Å². The Morgan fingerprint density at radius 2 is 1.38 bits per heavy atom. The highest BCUT2D eigenvalue weighted by Crippen LogP contribution is 2.40. The molecule has 2 atom stereocenters. The van der Waals surface area contributed by atoms with Crippen LogP contribution in [-0.4, -0.2) is 6.23 Å². The lowest BCUT2D eigenvalue weighted by Crippen LogP contribution is -2.45. The molecule has 1 heterocycles. The van der Waals surface area contributed by atoms with Crippen LogP contribution < -0.4 is 9.64 Å². The van der Waals surface area contributed by atoms with Gasteiger partial charge in [-0.15, -0.1) is 0 Å². The van der Waals surface area contributed by atoms with Gasteiger partial charge in [0, 0.05) is 16.9 Å². The molecule has 0 fully saturated rings. The molecule has 4 aromatic carbocycles. The van der Waals surface area contributed by atoms with Crippen molar-refractivity contribution >= 4 is 22.1 Å². The van der Waals surface area contributed by atoms with Crippen LogP contribution in [0.1, 0.15) is 5.56 Å². The second kappa shape index (κ2) is 7.33. The van der Waals surface area contributed by atoms with Crippen LogP contribution in [0.5, 0.6) is 5.75 Å². The van der Waals surface area contributed by atoms with E-state index >= 15 is 0 Å². The Balaban J connectivity index is 1.63. The molecule has 29 heavy (non-hydrogen) atoms. The van der Waals surface area contributed by atoms with E-state index in [2.05, 4.69) is 53.4 Å². The van der Waals surface area contributed by atoms with Gasteiger partial charge >= 0.3 is 0 Å². The third kappa shape index (κ3) is 3.09. The summed E-state index contributed by atoms with van der Waals surface area (Å²) >= 11 is 0. The zero-order chi connectivity index (χ0) is 19.6. The van der Waals surface area contributed by atoms with E-state index in [9.17, 15) is 5.26 Å². The highest BCUT2D eigenvalue weighted by Gasteiger charge is 2.36. The molecule has 1 aliphatic heterocycles. The highest BCUT2D eigenvalue weighted by atomic mass is 16.5. The van der Waals surface area contributed by atoms with Gasteiger partial charge < -0.3 is 9.64 Å². The number of ether oxygens (including phenoxy) is 1. The van der Waals surface area contributed by atoms with Crippen LogP contribution in [0, 0.1) is 17.2 Å². The zero-order valence-corrected chi connectivity index (χ0v) is 15.9. The molecule has 0 amide bonds. The molecule has 0 saturated heterocycles. The van der Waals surface area contributed by atoms with Crippen molar-refractivity contribution < 1.29 is 4.74 Å². The number of para-hydroxylation sites is 2. The summed E-state index contributed by atoms with van der Waals surface area (Å²) in [5.41, 5.74) is 3.13. The average molecular weight is 376 g/mol. The summed E-state index contributed by atoms with van der Waals surface area (Å²) in [7, 11) is 0. The van der Waals surface area contributed by atoms with E-state index in [0.717, 1.165) is 28.1 Å². The number of anilines is 2. The summed E-state index contributed by atoms with van der Waals surface area (Å²) in [5, 5.41) is 12.4. The van der Waals surface area contributed by atoms with Crippen molar-refractivity contribution in [3.8, 4) is 11.8 Å². The van der Waals surface area contributed by atoms with Crippen LogP contribution in [0.15, 0.2) is 97.1 Å². The van der Waals surface area contributed by atoms with Crippen LogP contribution in [0.4, 0.5) is 11.4 Å². The number of hydrogen-bond donors (Lipinski definition) is 0. The first-order chi connectivity index (χ1) is 14.3. The molecular weight excluding hydrogens is 356 g/mol.